The van der Waals surface area contributed by atoms with Crippen LogP contribution in [0.1, 0.15) is 41.0 Å². The number of aromatic nitrogens is 1. The molecule has 1 amide bonds. The van der Waals surface area contributed by atoms with Crippen molar-refractivity contribution in [2.24, 2.45) is 12.2 Å². The number of nitrogens with two attached hydrogens (primary N) is 1. The number of benzene rings is 1. The van der Waals surface area contributed by atoms with Gasteiger partial charge in [-0.25, -0.2) is 22.0 Å². The van der Waals surface area contributed by atoms with Crippen LogP contribution >= 0.6 is 0 Å². The maximum Gasteiger partial charge on any atom is 0.264 e. The highest BCUT2D eigenvalue weighted by Crippen LogP contribution is 2.30. The molecule has 9 nitrogen and oxygen atoms in total. The number of hydrogen-bond donors (Lipinski definition) is 2. The standard InChI is InChI=1S/C19H26N4O5S2/c1-13-17(19(24)23-11-5-4-6-12-23)18(14(2)22(13)3)30(27,28)21-15-7-9-16(10-8-15)29(20,25)26/h7-10,21H,4-6,11-12H2,1-3H3,(H2,20,25,26). The summed E-state index contributed by atoms with van der Waals surface area (Å²) in [6.45, 7) is 4.59. The van der Waals surface area contributed by atoms with Gasteiger partial charge in [0.05, 0.1) is 10.5 Å². The molecule has 0 radical (unpaired) electrons. The highest BCUT2D eigenvalue weighted by Gasteiger charge is 2.33. The van der Waals surface area contributed by atoms with E-state index in [-0.39, 0.29) is 26.9 Å². The third-order valence-corrected chi connectivity index (χ3v) is 7.96. The van der Waals surface area contributed by atoms with Gasteiger partial charge in [0.25, 0.3) is 15.9 Å². The van der Waals surface area contributed by atoms with E-state index in [1.807, 2.05) is 0 Å². The first kappa shape index (κ1) is 22.3. The van der Waals surface area contributed by atoms with Crippen molar-refractivity contribution < 1.29 is 21.6 Å². The normalized spacial score (nSPS) is 15.3. The van der Waals surface area contributed by atoms with Crippen molar-refractivity contribution in [3.63, 3.8) is 0 Å². The van der Waals surface area contributed by atoms with Gasteiger partial charge in [0, 0.05) is 37.2 Å². The second-order valence-electron chi connectivity index (χ2n) is 7.46. The van der Waals surface area contributed by atoms with Gasteiger partial charge in [0.2, 0.25) is 10.0 Å². The predicted molar refractivity (Wildman–Crippen MR) is 113 cm³/mol. The van der Waals surface area contributed by atoms with Crippen LogP contribution in [0.15, 0.2) is 34.1 Å². The molecule has 1 saturated heterocycles. The number of likely N-dealkylation sites (tertiary alicyclic amines) is 1. The molecule has 0 saturated carbocycles. The topological polar surface area (TPSA) is 132 Å². The molecule has 0 aliphatic carbocycles. The van der Waals surface area contributed by atoms with E-state index in [4.69, 9.17) is 5.14 Å². The van der Waals surface area contributed by atoms with Crippen LogP contribution in [0, 0.1) is 13.8 Å². The number of sulfonamides is 2. The van der Waals surface area contributed by atoms with Crippen molar-refractivity contribution in [2.45, 2.75) is 42.9 Å². The molecule has 0 atom stereocenters. The van der Waals surface area contributed by atoms with Crippen LogP contribution in [0.25, 0.3) is 0 Å². The first-order chi connectivity index (χ1) is 13.9. The average molecular weight is 455 g/mol. The van der Waals surface area contributed by atoms with Crippen molar-refractivity contribution in [1.29, 1.82) is 0 Å². The summed E-state index contributed by atoms with van der Waals surface area (Å²) < 4.78 is 53.4. The largest absolute Gasteiger partial charge is 0.350 e. The first-order valence-corrected chi connectivity index (χ1v) is 12.6. The highest BCUT2D eigenvalue weighted by atomic mass is 32.2. The van der Waals surface area contributed by atoms with Gasteiger partial charge < -0.3 is 9.47 Å². The maximum atomic E-state index is 13.2. The summed E-state index contributed by atoms with van der Waals surface area (Å²) in [7, 11) is -6.27. The van der Waals surface area contributed by atoms with Crippen LogP contribution in [0.5, 0.6) is 0 Å². The third-order valence-electron chi connectivity index (χ3n) is 5.48. The zero-order valence-electron chi connectivity index (χ0n) is 17.2. The van der Waals surface area contributed by atoms with E-state index >= 15 is 0 Å². The molecule has 0 spiro atoms. The molecule has 1 aromatic carbocycles. The van der Waals surface area contributed by atoms with Gasteiger partial charge in [-0.05, 0) is 57.4 Å². The van der Waals surface area contributed by atoms with Gasteiger partial charge in [-0.2, -0.15) is 0 Å². The third kappa shape index (κ3) is 4.23. The zero-order chi connectivity index (χ0) is 22.3. The fraction of sp³-hybridized carbons (Fsp3) is 0.421. The monoisotopic (exact) mass is 454 g/mol. The van der Waals surface area contributed by atoms with Gasteiger partial charge in [-0.3, -0.25) is 9.52 Å². The smallest absolute Gasteiger partial charge is 0.264 e. The number of nitrogens with zero attached hydrogens (tertiary/aromatic N) is 2. The van der Waals surface area contributed by atoms with E-state index in [0.717, 1.165) is 19.3 Å². The summed E-state index contributed by atoms with van der Waals surface area (Å²) in [5.74, 6) is -0.291. The molecule has 3 rings (SSSR count). The van der Waals surface area contributed by atoms with E-state index in [1.54, 1.807) is 30.4 Å². The van der Waals surface area contributed by atoms with Crippen LogP contribution in [0.2, 0.25) is 0 Å². The molecule has 1 fully saturated rings. The van der Waals surface area contributed by atoms with Crippen LogP contribution in [0.4, 0.5) is 5.69 Å². The molecule has 164 valence electrons. The number of rotatable bonds is 5. The molecule has 30 heavy (non-hydrogen) atoms. The summed E-state index contributed by atoms with van der Waals surface area (Å²) in [6.07, 6.45) is 2.85. The number of piperidine rings is 1. The lowest BCUT2D eigenvalue weighted by Gasteiger charge is -2.27. The van der Waals surface area contributed by atoms with Crippen LogP contribution in [-0.4, -0.2) is 45.3 Å². The molecule has 0 bridgehead atoms. The van der Waals surface area contributed by atoms with Crippen LogP contribution in [0.3, 0.4) is 0 Å². The Balaban J connectivity index is 2.01. The molecule has 2 aromatic rings. The maximum absolute atomic E-state index is 13.2. The van der Waals surface area contributed by atoms with Crippen molar-refractivity contribution >= 4 is 31.6 Å². The lowest BCUT2D eigenvalue weighted by molar-refractivity contribution is 0.0720. The Bertz CT molecular complexity index is 1180. The van der Waals surface area contributed by atoms with E-state index in [2.05, 4.69) is 4.72 Å². The van der Waals surface area contributed by atoms with Crippen molar-refractivity contribution in [2.75, 3.05) is 17.8 Å². The summed E-state index contributed by atoms with van der Waals surface area (Å²) >= 11 is 0. The number of anilines is 1. The van der Waals surface area contributed by atoms with E-state index in [9.17, 15) is 21.6 Å². The summed E-state index contributed by atoms with van der Waals surface area (Å²) in [5, 5.41) is 5.08. The molecule has 0 unspecified atom stereocenters. The van der Waals surface area contributed by atoms with E-state index < -0.39 is 20.0 Å². The van der Waals surface area contributed by atoms with Crippen LogP contribution < -0.4 is 9.86 Å². The second-order valence-corrected chi connectivity index (χ2v) is 10.6. The molecule has 1 aromatic heterocycles. The fourth-order valence-electron chi connectivity index (χ4n) is 3.67. The Morgan fingerprint density at radius 2 is 1.53 bits per heavy atom. The summed E-state index contributed by atoms with van der Waals surface area (Å²) in [6, 6.07) is 5.06. The lowest BCUT2D eigenvalue weighted by atomic mass is 10.1. The Hall–Kier alpha value is -2.37. The minimum atomic E-state index is -4.11. The van der Waals surface area contributed by atoms with Crippen LogP contribution in [-0.2, 0) is 27.1 Å². The Kier molecular flexibility index (Phi) is 5.99. The molecule has 1 aliphatic heterocycles. The van der Waals surface area contributed by atoms with Crippen molar-refractivity contribution in [3.05, 3.63) is 41.2 Å². The second kappa shape index (κ2) is 8.05. The van der Waals surface area contributed by atoms with Crippen molar-refractivity contribution in [1.82, 2.24) is 9.47 Å². The van der Waals surface area contributed by atoms with E-state index in [1.165, 1.54) is 24.3 Å². The molecule has 2 heterocycles. The zero-order valence-corrected chi connectivity index (χ0v) is 18.8. The molecular weight excluding hydrogens is 428 g/mol. The Morgan fingerprint density at radius 1 is 0.967 bits per heavy atom. The number of amides is 1. The minimum absolute atomic E-state index is 0.0615. The van der Waals surface area contributed by atoms with Gasteiger partial charge in [0.1, 0.15) is 4.90 Å². The van der Waals surface area contributed by atoms with Crippen molar-refractivity contribution in [3.8, 4) is 0 Å². The minimum Gasteiger partial charge on any atom is -0.350 e. The number of carbonyl (C=O) groups is 1. The first-order valence-electron chi connectivity index (χ1n) is 9.54. The van der Waals surface area contributed by atoms with Gasteiger partial charge in [-0.15, -0.1) is 0 Å². The van der Waals surface area contributed by atoms with Gasteiger partial charge in [0.15, 0.2) is 0 Å². The number of primary sulfonamides is 1. The molecule has 1 aliphatic rings. The summed E-state index contributed by atoms with van der Waals surface area (Å²) in [5.41, 5.74) is 1.36. The molecular formula is C19H26N4O5S2. The SMILES string of the molecule is Cc1c(C(=O)N2CCCCC2)c(S(=O)(=O)Nc2ccc(S(N)(=O)=O)cc2)c(C)n1C. The Labute approximate surface area is 177 Å². The lowest BCUT2D eigenvalue weighted by Crippen LogP contribution is -2.36. The predicted octanol–water partition coefficient (Wildman–Crippen LogP) is 1.72. The highest BCUT2D eigenvalue weighted by molar-refractivity contribution is 7.92. The van der Waals surface area contributed by atoms with Gasteiger partial charge in [-0.1, -0.05) is 0 Å². The fourth-order valence-corrected chi connectivity index (χ4v) is 5.76. The molecule has 11 heteroatoms. The average Bonchev–Trinajstić information content (AvgIpc) is 2.92. The Morgan fingerprint density at radius 3 is 2.07 bits per heavy atom. The van der Waals surface area contributed by atoms with Gasteiger partial charge >= 0.3 is 0 Å². The number of carbonyl (C=O) groups excluding carboxylic acids is 1. The van der Waals surface area contributed by atoms with E-state index in [0.29, 0.717) is 24.5 Å². The molecule has 3 N–H and O–H groups in total. The number of hydrogen-bond acceptors (Lipinski definition) is 5. The quantitative estimate of drug-likeness (QED) is 0.710. The number of nitrogens with one attached hydrogen (secondary N) is 1. The summed E-state index contributed by atoms with van der Waals surface area (Å²) in [4.78, 5) is 14.7.